The highest BCUT2D eigenvalue weighted by Crippen LogP contribution is 2.31. The number of hydrogen-bond acceptors (Lipinski definition) is 4. The molecule has 4 rings (SSSR count). The van der Waals surface area contributed by atoms with E-state index in [9.17, 15) is 18.0 Å². The number of rotatable bonds is 13. The first kappa shape index (κ1) is 34.2. The van der Waals surface area contributed by atoms with Crippen LogP contribution in [0.5, 0.6) is 0 Å². The van der Waals surface area contributed by atoms with Gasteiger partial charge in [0.2, 0.25) is 11.8 Å². The van der Waals surface area contributed by atoms with Gasteiger partial charge in [0.15, 0.2) is 0 Å². The Morgan fingerprint density at radius 3 is 2.18 bits per heavy atom. The zero-order valence-corrected chi connectivity index (χ0v) is 28.6. The molecule has 2 amide bonds. The van der Waals surface area contributed by atoms with Gasteiger partial charge in [-0.3, -0.25) is 13.9 Å². The molecule has 2 atom stereocenters. The van der Waals surface area contributed by atoms with Gasteiger partial charge in [-0.1, -0.05) is 107 Å². The molecule has 0 aromatic heterocycles. The van der Waals surface area contributed by atoms with Gasteiger partial charge in [-0.25, -0.2) is 8.42 Å². The van der Waals surface area contributed by atoms with Gasteiger partial charge in [0.25, 0.3) is 10.0 Å². The van der Waals surface area contributed by atoms with Crippen molar-refractivity contribution in [2.45, 2.75) is 57.1 Å². The fourth-order valence-electron chi connectivity index (χ4n) is 4.83. The average molecular weight is 711 g/mol. The number of carbonyl (C=O) groups excluding carboxylic acids is 2. The van der Waals surface area contributed by atoms with Gasteiger partial charge >= 0.3 is 0 Å². The molecule has 0 heterocycles. The van der Waals surface area contributed by atoms with Crippen LogP contribution in [0.1, 0.15) is 37.0 Å². The summed E-state index contributed by atoms with van der Waals surface area (Å²) in [6, 6.07) is 28.8. The number of carbonyl (C=O) groups is 2. The SMILES string of the molecule is CCC(C)NC(=O)C(Cc1ccccc1)N(Cc1cccc(Br)c1)C(=O)CN(c1ccccc1Cl)S(=O)(=O)c1ccc(C)cc1. The lowest BCUT2D eigenvalue weighted by Crippen LogP contribution is -2.54. The molecule has 1 N–H and O–H groups in total. The predicted octanol–water partition coefficient (Wildman–Crippen LogP) is 7.16. The first-order valence-corrected chi connectivity index (χ1v) is 17.3. The highest BCUT2D eigenvalue weighted by atomic mass is 79.9. The van der Waals surface area contributed by atoms with E-state index in [1.165, 1.54) is 17.0 Å². The van der Waals surface area contributed by atoms with Gasteiger partial charge in [0.1, 0.15) is 12.6 Å². The van der Waals surface area contributed by atoms with Crippen molar-refractivity contribution in [3.8, 4) is 0 Å². The van der Waals surface area contributed by atoms with Crippen molar-refractivity contribution >= 4 is 55.1 Å². The third kappa shape index (κ3) is 8.96. The first-order chi connectivity index (χ1) is 21.5. The lowest BCUT2D eigenvalue weighted by Gasteiger charge is -2.34. The van der Waals surface area contributed by atoms with E-state index >= 15 is 0 Å². The van der Waals surface area contributed by atoms with Crippen LogP contribution in [-0.2, 0) is 32.6 Å². The average Bonchev–Trinajstić information content (AvgIpc) is 3.02. The molecule has 2 unspecified atom stereocenters. The van der Waals surface area contributed by atoms with Crippen LogP contribution in [0.3, 0.4) is 0 Å². The van der Waals surface area contributed by atoms with Gasteiger partial charge in [0.05, 0.1) is 15.6 Å². The summed E-state index contributed by atoms with van der Waals surface area (Å²) in [6.45, 7) is 5.24. The van der Waals surface area contributed by atoms with Crippen LogP contribution in [0.15, 0.2) is 112 Å². The molecule has 0 fully saturated rings. The number of aryl methyl sites for hydroxylation is 1. The molecule has 7 nitrogen and oxygen atoms in total. The standard InChI is InChI=1S/C35H37BrClN3O4S/c1-4-26(3)38-35(42)33(22-27-11-6-5-7-12-27)39(23-28-13-10-14-29(36)21-28)34(41)24-40(32-16-9-8-15-31(32)37)45(43,44)30-19-17-25(2)18-20-30/h5-21,26,33H,4,22-24H2,1-3H3,(H,38,42). The first-order valence-electron chi connectivity index (χ1n) is 14.7. The zero-order valence-electron chi connectivity index (χ0n) is 25.5. The molecule has 236 valence electrons. The van der Waals surface area contributed by atoms with Gasteiger partial charge in [-0.2, -0.15) is 0 Å². The molecule has 4 aromatic carbocycles. The van der Waals surface area contributed by atoms with E-state index in [1.54, 1.807) is 36.4 Å². The molecule has 0 saturated heterocycles. The van der Waals surface area contributed by atoms with Crippen molar-refractivity contribution in [3.05, 3.63) is 129 Å². The summed E-state index contributed by atoms with van der Waals surface area (Å²) in [6.07, 6.45) is 0.943. The Bertz CT molecular complexity index is 1720. The summed E-state index contributed by atoms with van der Waals surface area (Å²) in [5.74, 6) is -0.868. The molecule has 45 heavy (non-hydrogen) atoms. The number of hydrogen-bond donors (Lipinski definition) is 1. The number of sulfonamides is 1. The summed E-state index contributed by atoms with van der Waals surface area (Å²) in [7, 11) is -4.24. The minimum Gasteiger partial charge on any atom is -0.352 e. The van der Waals surface area contributed by atoms with Gasteiger partial charge in [-0.05, 0) is 67.8 Å². The summed E-state index contributed by atoms with van der Waals surface area (Å²) in [5, 5.41) is 3.22. The predicted molar refractivity (Wildman–Crippen MR) is 184 cm³/mol. The molecule has 4 aromatic rings. The maximum absolute atomic E-state index is 14.5. The number of nitrogens with one attached hydrogen (secondary N) is 1. The molecule has 10 heteroatoms. The lowest BCUT2D eigenvalue weighted by molar-refractivity contribution is -0.140. The summed E-state index contributed by atoms with van der Waals surface area (Å²) < 4.78 is 30.1. The van der Waals surface area contributed by atoms with Gasteiger partial charge in [0, 0.05) is 23.5 Å². The van der Waals surface area contributed by atoms with E-state index in [2.05, 4.69) is 21.2 Å². The topological polar surface area (TPSA) is 86.8 Å². The Labute approximate surface area is 279 Å². The lowest BCUT2D eigenvalue weighted by atomic mass is 10.0. The van der Waals surface area contributed by atoms with Gasteiger partial charge < -0.3 is 10.2 Å². The van der Waals surface area contributed by atoms with E-state index in [0.717, 1.165) is 25.5 Å². The van der Waals surface area contributed by atoms with Crippen LogP contribution >= 0.6 is 27.5 Å². The van der Waals surface area contributed by atoms with Crippen LogP contribution < -0.4 is 9.62 Å². The number of nitrogens with zero attached hydrogens (tertiary/aromatic N) is 2. The molecular weight excluding hydrogens is 674 g/mol. The second kappa shape index (κ2) is 15.6. The quantitative estimate of drug-likeness (QED) is 0.160. The van der Waals surface area contributed by atoms with E-state index in [-0.39, 0.29) is 40.5 Å². The maximum atomic E-state index is 14.5. The second-order valence-corrected chi connectivity index (χ2v) is 14.1. The van der Waals surface area contributed by atoms with Crippen LogP contribution in [0.4, 0.5) is 5.69 Å². The largest absolute Gasteiger partial charge is 0.352 e. The Balaban J connectivity index is 1.82. The maximum Gasteiger partial charge on any atom is 0.264 e. The third-order valence-electron chi connectivity index (χ3n) is 7.52. The Morgan fingerprint density at radius 2 is 1.53 bits per heavy atom. The van der Waals surface area contributed by atoms with Crippen LogP contribution in [0.2, 0.25) is 5.02 Å². The van der Waals surface area contributed by atoms with Crippen molar-refractivity contribution in [2.24, 2.45) is 0 Å². The van der Waals surface area contributed by atoms with Crippen LogP contribution in [0, 0.1) is 6.92 Å². The highest BCUT2D eigenvalue weighted by molar-refractivity contribution is 9.10. The van der Waals surface area contributed by atoms with E-state index in [1.807, 2.05) is 75.4 Å². The normalized spacial score (nSPS) is 12.6. The molecule has 0 aliphatic heterocycles. The number of halogens is 2. The van der Waals surface area contributed by atoms with E-state index < -0.39 is 28.5 Å². The Hall–Kier alpha value is -3.66. The molecule has 0 radical (unpaired) electrons. The van der Waals surface area contributed by atoms with E-state index in [4.69, 9.17) is 11.6 Å². The van der Waals surface area contributed by atoms with Crippen LogP contribution in [-0.4, -0.2) is 43.8 Å². The van der Waals surface area contributed by atoms with E-state index in [0.29, 0.717) is 6.42 Å². The molecule has 0 aliphatic rings. The summed E-state index contributed by atoms with van der Waals surface area (Å²) in [5.41, 5.74) is 2.70. The van der Waals surface area contributed by atoms with Gasteiger partial charge in [-0.15, -0.1) is 0 Å². The minimum absolute atomic E-state index is 0.0229. The van der Waals surface area contributed by atoms with Crippen molar-refractivity contribution in [1.82, 2.24) is 10.2 Å². The molecule has 0 spiro atoms. The molecular formula is C35H37BrClN3O4S. The smallest absolute Gasteiger partial charge is 0.264 e. The molecule has 0 aliphatic carbocycles. The van der Waals surface area contributed by atoms with Crippen molar-refractivity contribution < 1.29 is 18.0 Å². The minimum atomic E-state index is -4.24. The third-order valence-corrected chi connectivity index (χ3v) is 10.1. The Morgan fingerprint density at radius 1 is 0.889 bits per heavy atom. The van der Waals surface area contributed by atoms with Crippen molar-refractivity contribution in [1.29, 1.82) is 0 Å². The number of amides is 2. The second-order valence-electron chi connectivity index (χ2n) is 11.0. The fourth-order valence-corrected chi connectivity index (χ4v) is 7.00. The van der Waals surface area contributed by atoms with Crippen molar-refractivity contribution in [3.63, 3.8) is 0 Å². The number of para-hydroxylation sites is 1. The highest BCUT2D eigenvalue weighted by Gasteiger charge is 2.35. The molecule has 0 saturated carbocycles. The summed E-state index contributed by atoms with van der Waals surface area (Å²) in [4.78, 5) is 29.9. The van der Waals surface area contributed by atoms with Crippen LogP contribution in [0.25, 0.3) is 0 Å². The molecule has 0 bridgehead atoms. The Kier molecular flexibility index (Phi) is 11.8. The summed E-state index contributed by atoms with van der Waals surface area (Å²) >= 11 is 10.0. The zero-order chi connectivity index (χ0) is 32.6. The fraction of sp³-hybridized carbons (Fsp3) is 0.257. The number of anilines is 1. The monoisotopic (exact) mass is 709 g/mol. The van der Waals surface area contributed by atoms with Crippen molar-refractivity contribution in [2.75, 3.05) is 10.8 Å². The number of benzene rings is 4.